The number of rotatable bonds is 15. The summed E-state index contributed by atoms with van der Waals surface area (Å²) >= 11 is 5.80. The predicted octanol–water partition coefficient (Wildman–Crippen LogP) is 3.46. The fourth-order valence-corrected chi connectivity index (χ4v) is 2.44. The van der Waals surface area contributed by atoms with Gasteiger partial charge in [0.2, 0.25) is 5.75 Å². The van der Waals surface area contributed by atoms with Crippen LogP contribution in [0.2, 0.25) is 5.02 Å². The summed E-state index contributed by atoms with van der Waals surface area (Å²) in [5.41, 5.74) is -0.207. The maximum atomic E-state index is 11.1. The van der Waals surface area contributed by atoms with Gasteiger partial charge in [0.1, 0.15) is 18.1 Å². The topological polar surface area (TPSA) is 110 Å². The standard InChI is InChI=1S/C20H24ClNO8/c21-16-1-6-20(19(15-16)22(24)25)30-18-4-2-17(3-5-18)29-14-13-28-12-11-27-10-9-26-8-7-23/h1-6,15,23H,7-14H2. The number of aliphatic hydroxyl groups is 1. The van der Waals surface area contributed by atoms with Crippen LogP contribution in [-0.2, 0) is 14.2 Å². The lowest BCUT2D eigenvalue weighted by atomic mass is 10.3. The molecule has 10 heteroatoms. The van der Waals surface area contributed by atoms with Crippen LogP contribution in [0, 0.1) is 10.1 Å². The average Bonchev–Trinajstić information content (AvgIpc) is 2.74. The van der Waals surface area contributed by atoms with Gasteiger partial charge in [0.05, 0.1) is 51.2 Å². The molecule has 0 fully saturated rings. The van der Waals surface area contributed by atoms with Gasteiger partial charge in [0, 0.05) is 11.1 Å². The summed E-state index contributed by atoms with van der Waals surface area (Å²) in [6.07, 6.45) is 0. The van der Waals surface area contributed by atoms with Crippen molar-refractivity contribution in [3.05, 3.63) is 57.6 Å². The monoisotopic (exact) mass is 441 g/mol. The summed E-state index contributed by atoms with van der Waals surface area (Å²) in [7, 11) is 0. The van der Waals surface area contributed by atoms with Crippen molar-refractivity contribution in [1.29, 1.82) is 0 Å². The molecule has 0 amide bonds. The van der Waals surface area contributed by atoms with E-state index in [1.165, 1.54) is 18.2 Å². The molecule has 0 aromatic heterocycles. The smallest absolute Gasteiger partial charge is 0.313 e. The Morgan fingerprint density at radius 2 is 1.40 bits per heavy atom. The molecule has 1 N–H and O–H groups in total. The average molecular weight is 442 g/mol. The van der Waals surface area contributed by atoms with Crippen molar-refractivity contribution in [2.24, 2.45) is 0 Å². The normalized spacial score (nSPS) is 10.7. The van der Waals surface area contributed by atoms with E-state index >= 15 is 0 Å². The molecule has 0 aliphatic heterocycles. The molecule has 164 valence electrons. The van der Waals surface area contributed by atoms with E-state index in [2.05, 4.69) is 0 Å². The Hall–Kier alpha value is -2.43. The highest BCUT2D eigenvalue weighted by Gasteiger charge is 2.16. The Balaban J connectivity index is 1.64. The molecule has 0 atom stereocenters. The van der Waals surface area contributed by atoms with E-state index in [9.17, 15) is 10.1 Å². The minimum Gasteiger partial charge on any atom is -0.491 e. The number of hydrogen-bond donors (Lipinski definition) is 1. The third kappa shape index (κ3) is 8.93. The first kappa shape index (κ1) is 23.8. The third-order valence-corrected chi connectivity index (χ3v) is 3.88. The summed E-state index contributed by atoms with van der Waals surface area (Å²) in [6, 6.07) is 10.9. The SMILES string of the molecule is O=[N+]([O-])c1cc(Cl)ccc1Oc1ccc(OCCOCCOCCOCCO)cc1. The maximum Gasteiger partial charge on any atom is 0.313 e. The van der Waals surface area contributed by atoms with E-state index in [0.717, 1.165) is 0 Å². The van der Waals surface area contributed by atoms with Gasteiger partial charge in [-0.2, -0.15) is 0 Å². The van der Waals surface area contributed by atoms with Crippen LogP contribution in [0.25, 0.3) is 0 Å². The Kier molecular flexibility index (Phi) is 10.9. The molecule has 2 aromatic carbocycles. The van der Waals surface area contributed by atoms with Crippen molar-refractivity contribution in [2.75, 3.05) is 52.9 Å². The van der Waals surface area contributed by atoms with Crippen molar-refractivity contribution in [3.63, 3.8) is 0 Å². The molecule has 0 bridgehead atoms. The molecule has 2 aromatic rings. The summed E-state index contributed by atoms with van der Waals surface area (Å²) in [6.45, 7) is 2.86. The lowest BCUT2D eigenvalue weighted by Crippen LogP contribution is -2.13. The number of aliphatic hydroxyl groups excluding tert-OH is 1. The first-order valence-corrected chi connectivity index (χ1v) is 9.66. The highest BCUT2D eigenvalue weighted by molar-refractivity contribution is 6.30. The van der Waals surface area contributed by atoms with Crippen molar-refractivity contribution < 1.29 is 33.7 Å². The maximum absolute atomic E-state index is 11.1. The molecule has 2 rings (SSSR count). The highest BCUT2D eigenvalue weighted by atomic mass is 35.5. The summed E-state index contributed by atoms with van der Waals surface area (Å²) in [4.78, 5) is 10.6. The van der Waals surface area contributed by atoms with Crippen molar-refractivity contribution >= 4 is 17.3 Å². The quantitative estimate of drug-likeness (QED) is 0.254. The summed E-state index contributed by atoms with van der Waals surface area (Å²) in [5, 5.41) is 19.9. The van der Waals surface area contributed by atoms with Gasteiger partial charge in [-0.25, -0.2) is 0 Å². The molecule has 9 nitrogen and oxygen atoms in total. The van der Waals surface area contributed by atoms with Crippen LogP contribution < -0.4 is 9.47 Å². The molecule has 0 saturated carbocycles. The van der Waals surface area contributed by atoms with Gasteiger partial charge < -0.3 is 28.8 Å². The number of halogens is 1. The minimum absolute atomic E-state index is 0.00371. The summed E-state index contributed by atoms with van der Waals surface area (Å²) in [5.74, 6) is 1.16. The second-order valence-corrected chi connectivity index (χ2v) is 6.29. The molecule has 0 spiro atoms. The Morgan fingerprint density at radius 1 is 0.833 bits per heavy atom. The molecule has 30 heavy (non-hydrogen) atoms. The summed E-state index contributed by atoms with van der Waals surface area (Å²) < 4.78 is 26.9. The van der Waals surface area contributed by atoms with Crippen molar-refractivity contribution in [1.82, 2.24) is 0 Å². The number of nitro benzene ring substituents is 1. The van der Waals surface area contributed by atoms with Crippen LogP contribution >= 0.6 is 11.6 Å². The zero-order valence-electron chi connectivity index (χ0n) is 16.3. The number of nitrogens with zero attached hydrogens (tertiary/aromatic N) is 1. The first-order valence-electron chi connectivity index (χ1n) is 9.29. The predicted molar refractivity (Wildman–Crippen MR) is 110 cm³/mol. The van der Waals surface area contributed by atoms with Gasteiger partial charge in [0.15, 0.2) is 0 Å². The van der Waals surface area contributed by atoms with Crippen molar-refractivity contribution in [2.45, 2.75) is 0 Å². The van der Waals surface area contributed by atoms with Crippen LogP contribution in [0.5, 0.6) is 17.2 Å². The number of ether oxygens (including phenoxy) is 5. The molecular formula is C20H24ClNO8. The number of benzene rings is 2. The van der Waals surface area contributed by atoms with E-state index in [1.807, 2.05) is 0 Å². The second kappa shape index (κ2) is 13.7. The van der Waals surface area contributed by atoms with Crippen LogP contribution in [0.4, 0.5) is 5.69 Å². The van der Waals surface area contributed by atoms with Gasteiger partial charge in [0.25, 0.3) is 0 Å². The molecule has 0 saturated heterocycles. The van der Waals surface area contributed by atoms with Gasteiger partial charge in [-0.05, 0) is 36.4 Å². The Bertz CT molecular complexity index is 772. The van der Waals surface area contributed by atoms with Gasteiger partial charge in [-0.15, -0.1) is 0 Å². The molecular weight excluding hydrogens is 418 g/mol. The minimum atomic E-state index is -0.547. The largest absolute Gasteiger partial charge is 0.491 e. The van der Waals surface area contributed by atoms with Gasteiger partial charge in [-0.3, -0.25) is 10.1 Å². The van der Waals surface area contributed by atoms with E-state index in [0.29, 0.717) is 57.7 Å². The van der Waals surface area contributed by atoms with E-state index in [4.69, 9.17) is 40.4 Å². The van der Waals surface area contributed by atoms with E-state index < -0.39 is 4.92 Å². The zero-order valence-corrected chi connectivity index (χ0v) is 17.1. The Labute approximate surface area is 179 Å². The fraction of sp³-hybridized carbons (Fsp3) is 0.400. The lowest BCUT2D eigenvalue weighted by Gasteiger charge is -2.09. The first-order chi connectivity index (χ1) is 14.6. The van der Waals surface area contributed by atoms with Gasteiger partial charge >= 0.3 is 5.69 Å². The van der Waals surface area contributed by atoms with Crippen LogP contribution in [0.15, 0.2) is 42.5 Å². The van der Waals surface area contributed by atoms with Crippen LogP contribution in [0.3, 0.4) is 0 Å². The van der Waals surface area contributed by atoms with Crippen LogP contribution in [-0.4, -0.2) is 62.9 Å². The molecule has 0 aliphatic carbocycles. The van der Waals surface area contributed by atoms with E-state index in [-0.39, 0.29) is 23.1 Å². The van der Waals surface area contributed by atoms with Crippen molar-refractivity contribution in [3.8, 4) is 17.2 Å². The van der Waals surface area contributed by atoms with Crippen LogP contribution in [0.1, 0.15) is 0 Å². The number of hydrogen-bond acceptors (Lipinski definition) is 8. The molecule has 0 heterocycles. The highest BCUT2D eigenvalue weighted by Crippen LogP contribution is 2.34. The van der Waals surface area contributed by atoms with E-state index in [1.54, 1.807) is 24.3 Å². The fourth-order valence-electron chi connectivity index (χ4n) is 2.28. The zero-order chi connectivity index (χ0) is 21.6. The second-order valence-electron chi connectivity index (χ2n) is 5.85. The Morgan fingerprint density at radius 3 is 2.00 bits per heavy atom. The molecule has 0 radical (unpaired) electrons. The van der Waals surface area contributed by atoms with Gasteiger partial charge in [-0.1, -0.05) is 11.6 Å². The third-order valence-electron chi connectivity index (χ3n) is 3.65. The number of nitro groups is 1. The molecule has 0 unspecified atom stereocenters. The lowest BCUT2D eigenvalue weighted by molar-refractivity contribution is -0.385. The molecule has 0 aliphatic rings.